The molecule has 0 amide bonds. The highest BCUT2D eigenvalue weighted by Crippen LogP contribution is 2.24. The molecule has 3 aromatic rings. The van der Waals surface area contributed by atoms with Crippen LogP contribution >= 0.6 is 15.9 Å². The SMILES string of the molecule is CC(C)Oc1ccc(-c2cnc3ncc(Br)cn23)cc1. The van der Waals surface area contributed by atoms with E-state index in [0.717, 1.165) is 21.5 Å². The molecule has 0 radical (unpaired) electrons. The highest BCUT2D eigenvalue weighted by molar-refractivity contribution is 9.10. The third-order valence-electron chi connectivity index (χ3n) is 2.85. The molecule has 0 aliphatic heterocycles. The van der Waals surface area contributed by atoms with Crippen molar-refractivity contribution in [3.05, 3.63) is 47.3 Å². The zero-order valence-electron chi connectivity index (χ0n) is 11.2. The van der Waals surface area contributed by atoms with Crippen LogP contribution in [0.3, 0.4) is 0 Å². The molecule has 3 rings (SSSR count). The van der Waals surface area contributed by atoms with Crippen LogP contribution in [0.2, 0.25) is 0 Å². The summed E-state index contributed by atoms with van der Waals surface area (Å²) in [6.45, 7) is 4.03. The van der Waals surface area contributed by atoms with Crippen LogP contribution in [-0.2, 0) is 0 Å². The first-order chi connectivity index (χ1) is 9.63. The topological polar surface area (TPSA) is 39.4 Å². The van der Waals surface area contributed by atoms with E-state index in [-0.39, 0.29) is 6.10 Å². The summed E-state index contributed by atoms with van der Waals surface area (Å²) < 4.78 is 8.53. The third-order valence-corrected chi connectivity index (χ3v) is 3.26. The van der Waals surface area contributed by atoms with Crippen molar-refractivity contribution in [2.24, 2.45) is 0 Å². The first-order valence-corrected chi connectivity index (χ1v) is 7.18. The van der Waals surface area contributed by atoms with Gasteiger partial charge in [0.2, 0.25) is 5.78 Å². The monoisotopic (exact) mass is 331 g/mol. The van der Waals surface area contributed by atoms with Crippen LogP contribution in [0.5, 0.6) is 5.75 Å². The number of ether oxygens (including phenoxy) is 1. The maximum atomic E-state index is 5.65. The summed E-state index contributed by atoms with van der Waals surface area (Å²) in [4.78, 5) is 8.57. The number of imidazole rings is 1. The fraction of sp³-hybridized carbons (Fsp3) is 0.200. The van der Waals surface area contributed by atoms with Gasteiger partial charge >= 0.3 is 0 Å². The standard InChI is InChI=1S/C15H14BrN3O/c1-10(2)20-13-5-3-11(4-6-13)14-8-18-15-17-7-12(16)9-19(14)15/h3-10H,1-2H3. The molecule has 20 heavy (non-hydrogen) atoms. The fourth-order valence-electron chi connectivity index (χ4n) is 2.04. The van der Waals surface area contributed by atoms with Crippen molar-refractivity contribution in [3.8, 4) is 17.0 Å². The molecule has 102 valence electrons. The van der Waals surface area contributed by atoms with E-state index in [1.165, 1.54) is 0 Å². The Kier molecular flexibility index (Phi) is 3.44. The van der Waals surface area contributed by atoms with Crippen molar-refractivity contribution in [1.29, 1.82) is 0 Å². The van der Waals surface area contributed by atoms with Crippen LogP contribution in [0.4, 0.5) is 0 Å². The third kappa shape index (κ3) is 2.54. The molecule has 0 bridgehead atoms. The van der Waals surface area contributed by atoms with Gasteiger partial charge in [0.15, 0.2) is 0 Å². The smallest absolute Gasteiger partial charge is 0.234 e. The number of hydrogen-bond donors (Lipinski definition) is 0. The summed E-state index contributed by atoms with van der Waals surface area (Å²) in [5.41, 5.74) is 2.08. The molecule has 0 atom stereocenters. The van der Waals surface area contributed by atoms with E-state index in [1.54, 1.807) is 6.20 Å². The Hall–Kier alpha value is -1.88. The van der Waals surface area contributed by atoms with Gasteiger partial charge in [-0.15, -0.1) is 0 Å². The minimum Gasteiger partial charge on any atom is -0.491 e. The van der Waals surface area contributed by atoms with Crippen LogP contribution in [0, 0.1) is 0 Å². The lowest BCUT2D eigenvalue weighted by Gasteiger charge is -2.10. The lowest BCUT2D eigenvalue weighted by molar-refractivity contribution is 0.242. The number of halogens is 1. The molecule has 0 saturated heterocycles. The molecular formula is C15H14BrN3O. The molecule has 0 N–H and O–H groups in total. The van der Waals surface area contributed by atoms with E-state index < -0.39 is 0 Å². The molecular weight excluding hydrogens is 318 g/mol. The van der Waals surface area contributed by atoms with Gasteiger partial charge in [0.05, 0.1) is 22.5 Å². The molecule has 0 spiro atoms. The number of rotatable bonds is 3. The normalized spacial score (nSPS) is 11.2. The van der Waals surface area contributed by atoms with Crippen molar-refractivity contribution in [3.63, 3.8) is 0 Å². The van der Waals surface area contributed by atoms with Gasteiger partial charge in [-0.2, -0.15) is 0 Å². The number of aromatic nitrogens is 3. The summed E-state index contributed by atoms with van der Waals surface area (Å²) in [6.07, 6.45) is 5.71. The van der Waals surface area contributed by atoms with Gasteiger partial charge in [0.25, 0.3) is 0 Å². The maximum absolute atomic E-state index is 5.65. The number of fused-ring (bicyclic) bond motifs is 1. The predicted octanol–water partition coefficient (Wildman–Crippen LogP) is 3.95. The Morgan fingerprint density at radius 2 is 1.80 bits per heavy atom. The number of benzene rings is 1. The zero-order chi connectivity index (χ0) is 14.1. The minimum absolute atomic E-state index is 0.178. The molecule has 1 aromatic carbocycles. The van der Waals surface area contributed by atoms with Crippen molar-refractivity contribution >= 4 is 21.7 Å². The van der Waals surface area contributed by atoms with Gasteiger partial charge < -0.3 is 4.74 Å². The quantitative estimate of drug-likeness (QED) is 0.729. The van der Waals surface area contributed by atoms with Crippen molar-refractivity contribution in [1.82, 2.24) is 14.4 Å². The lowest BCUT2D eigenvalue weighted by atomic mass is 10.1. The summed E-state index contributed by atoms with van der Waals surface area (Å²) >= 11 is 3.43. The Morgan fingerprint density at radius 1 is 1.10 bits per heavy atom. The van der Waals surface area contributed by atoms with Crippen LogP contribution in [0.25, 0.3) is 17.0 Å². The molecule has 0 aliphatic rings. The Balaban J connectivity index is 2.00. The van der Waals surface area contributed by atoms with E-state index >= 15 is 0 Å². The summed E-state index contributed by atoms with van der Waals surface area (Å²) in [5, 5.41) is 0. The summed E-state index contributed by atoms with van der Waals surface area (Å²) in [7, 11) is 0. The molecule has 0 unspecified atom stereocenters. The highest BCUT2D eigenvalue weighted by Gasteiger charge is 2.07. The summed E-state index contributed by atoms with van der Waals surface area (Å²) in [5.74, 6) is 1.56. The molecule has 5 heteroatoms. The van der Waals surface area contributed by atoms with Crippen LogP contribution in [-0.4, -0.2) is 20.5 Å². The Bertz CT molecular complexity index is 734. The van der Waals surface area contributed by atoms with E-state index in [0.29, 0.717) is 5.78 Å². The molecule has 2 heterocycles. The Labute approximate surface area is 125 Å². The average molecular weight is 332 g/mol. The van der Waals surface area contributed by atoms with Crippen molar-refractivity contribution in [2.75, 3.05) is 0 Å². The van der Waals surface area contributed by atoms with Gasteiger partial charge in [-0.25, -0.2) is 9.97 Å². The van der Waals surface area contributed by atoms with Crippen LogP contribution in [0.15, 0.2) is 47.3 Å². The van der Waals surface area contributed by atoms with Gasteiger partial charge in [0.1, 0.15) is 5.75 Å². The highest BCUT2D eigenvalue weighted by atomic mass is 79.9. The van der Waals surface area contributed by atoms with Gasteiger partial charge in [0, 0.05) is 18.0 Å². The number of nitrogens with zero attached hydrogens (tertiary/aromatic N) is 3. The first-order valence-electron chi connectivity index (χ1n) is 6.39. The molecule has 0 aliphatic carbocycles. The van der Waals surface area contributed by atoms with Gasteiger partial charge in [-0.1, -0.05) is 0 Å². The van der Waals surface area contributed by atoms with E-state index in [9.17, 15) is 0 Å². The molecule has 4 nitrogen and oxygen atoms in total. The molecule has 0 saturated carbocycles. The molecule has 0 fully saturated rings. The maximum Gasteiger partial charge on any atom is 0.234 e. The van der Waals surface area contributed by atoms with Crippen molar-refractivity contribution < 1.29 is 4.74 Å². The zero-order valence-corrected chi connectivity index (χ0v) is 12.8. The van der Waals surface area contributed by atoms with Crippen LogP contribution in [0.1, 0.15) is 13.8 Å². The van der Waals surface area contributed by atoms with Gasteiger partial charge in [-0.05, 0) is 54.0 Å². The summed E-state index contributed by atoms with van der Waals surface area (Å²) in [6, 6.07) is 8.00. The van der Waals surface area contributed by atoms with E-state index in [2.05, 4.69) is 25.9 Å². The lowest BCUT2D eigenvalue weighted by Crippen LogP contribution is -2.05. The van der Waals surface area contributed by atoms with E-state index in [4.69, 9.17) is 4.74 Å². The fourth-order valence-corrected chi connectivity index (χ4v) is 2.35. The van der Waals surface area contributed by atoms with Crippen molar-refractivity contribution in [2.45, 2.75) is 20.0 Å². The van der Waals surface area contributed by atoms with Crippen LogP contribution < -0.4 is 4.74 Å². The Morgan fingerprint density at radius 3 is 2.50 bits per heavy atom. The van der Waals surface area contributed by atoms with E-state index in [1.807, 2.05) is 54.9 Å². The predicted molar refractivity (Wildman–Crippen MR) is 81.9 cm³/mol. The second kappa shape index (κ2) is 5.25. The second-order valence-electron chi connectivity index (χ2n) is 4.78. The minimum atomic E-state index is 0.178. The largest absolute Gasteiger partial charge is 0.491 e. The van der Waals surface area contributed by atoms with Gasteiger partial charge in [-0.3, -0.25) is 4.40 Å². The average Bonchev–Trinajstić information content (AvgIpc) is 2.82. The number of hydrogen-bond acceptors (Lipinski definition) is 3. The first kappa shape index (κ1) is 13.1. The second-order valence-corrected chi connectivity index (χ2v) is 5.69. The molecule has 2 aromatic heterocycles.